The Labute approximate surface area is 109 Å². The largest absolute Gasteiger partial charge is 0.488 e. The first kappa shape index (κ1) is 12.8. The molecule has 1 fully saturated rings. The summed E-state index contributed by atoms with van der Waals surface area (Å²) in [5.41, 5.74) is 7.03. The maximum atomic E-state index is 8.79. The molecule has 0 spiro atoms. The highest BCUT2D eigenvalue weighted by Gasteiger charge is 2.26. The van der Waals surface area contributed by atoms with Crippen molar-refractivity contribution >= 4 is 5.69 Å². The van der Waals surface area contributed by atoms with E-state index < -0.39 is 0 Å². The monoisotopic (exact) mass is 244 g/mol. The fourth-order valence-electron chi connectivity index (χ4n) is 2.51. The normalized spacial score (nSPS) is 27.5. The predicted molar refractivity (Wildman–Crippen MR) is 72.2 cm³/mol. The summed E-state index contributed by atoms with van der Waals surface area (Å²) in [6.07, 6.45) is 3.64. The van der Waals surface area contributed by atoms with Crippen LogP contribution in [-0.2, 0) is 0 Å². The van der Waals surface area contributed by atoms with E-state index in [1.165, 1.54) is 6.42 Å². The molecule has 2 N–H and O–H groups in total. The number of nitrogen functional groups attached to an aromatic ring is 1. The van der Waals surface area contributed by atoms with Crippen LogP contribution in [0, 0.1) is 23.2 Å². The number of benzene rings is 1. The molecule has 0 radical (unpaired) electrons. The number of hydrogen-bond donors (Lipinski definition) is 1. The number of nitriles is 1. The Balaban J connectivity index is 2.04. The Bertz CT molecular complexity index is 464. The number of rotatable bonds is 2. The Morgan fingerprint density at radius 1 is 1.28 bits per heavy atom. The highest BCUT2D eigenvalue weighted by atomic mass is 16.5. The molecule has 3 atom stereocenters. The van der Waals surface area contributed by atoms with Crippen molar-refractivity contribution in [3.8, 4) is 11.8 Å². The minimum atomic E-state index is 0.256. The van der Waals surface area contributed by atoms with Crippen LogP contribution >= 0.6 is 0 Å². The number of nitrogens with zero attached hydrogens (tertiary/aromatic N) is 1. The maximum absolute atomic E-state index is 8.79. The SMILES string of the molecule is CC1CCC(Oc2ccc(C#N)cc2N)CC1C. The molecule has 0 amide bonds. The van der Waals surface area contributed by atoms with Crippen LogP contribution in [0.15, 0.2) is 18.2 Å². The predicted octanol–water partition coefficient (Wildman–Crippen LogP) is 3.34. The highest BCUT2D eigenvalue weighted by molar-refractivity contribution is 5.56. The van der Waals surface area contributed by atoms with Crippen molar-refractivity contribution in [1.82, 2.24) is 0 Å². The van der Waals surface area contributed by atoms with Crippen LogP contribution < -0.4 is 10.5 Å². The first-order valence-electron chi connectivity index (χ1n) is 6.56. The zero-order chi connectivity index (χ0) is 13.1. The summed E-state index contributed by atoms with van der Waals surface area (Å²) in [5.74, 6) is 2.19. The second-order valence-corrected chi connectivity index (χ2v) is 5.37. The van der Waals surface area contributed by atoms with Crippen molar-refractivity contribution in [2.75, 3.05) is 5.73 Å². The van der Waals surface area contributed by atoms with Crippen LogP contribution in [-0.4, -0.2) is 6.10 Å². The van der Waals surface area contributed by atoms with Crippen LogP contribution in [0.3, 0.4) is 0 Å². The lowest BCUT2D eigenvalue weighted by atomic mass is 9.80. The number of hydrogen-bond acceptors (Lipinski definition) is 3. The molecule has 1 aliphatic rings. The van der Waals surface area contributed by atoms with Crippen molar-refractivity contribution in [2.24, 2.45) is 11.8 Å². The van der Waals surface area contributed by atoms with E-state index in [4.69, 9.17) is 15.7 Å². The molecule has 2 rings (SSSR count). The minimum Gasteiger partial charge on any atom is -0.488 e. The molecular formula is C15H20N2O. The second-order valence-electron chi connectivity index (χ2n) is 5.37. The molecular weight excluding hydrogens is 224 g/mol. The van der Waals surface area contributed by atoms with Crippen molar-refractivity contribution in [2.45, 2.75) is 39.2 Å². The van der Waals surface area contributed by atoms with Gasteiger partial charge in [-0.1, -0.05) is 13.8 Å². The molecule has 0 aromatic heterocycles. The van der Waals surface area contributed by atoms with E-state index in [0.717, 1.165) is 18.8 Å². The zero-order valence-electron chi connectivity index (χ0n) is 11.0. The van der Waals surface area contributed by atoms with Gasteiger partial charge in [0.2, 0.25) is 0 Å². The first-order valence-corrected chi connectivity index (χ1v) is 6.56. The number of anilines is 1. The van der Waals surface area contributed by atoms with Gasteiger partial charge in [0.1, 0.15) is 5.75 Å². The molecule has 18 heavy (non-hydrogen) atoms. The standard InChI is InChI=1S/C15H20N2O/c1-10-3-5-13(7-11(10)2)18-15-6-4-12(9-16)8-14(15)17/h4,6,8,10-11,13H,3,5,7,17H2,1-2H3. The number of ether oxygens (including phenoxy) is 1. The zero-order valence-corrected chi connectivity index (χ0v) is 11.0. The summed E-state index contributed by atoms with van der Waals surface area (Å²) in [4.78, 5) is 0. The van der Waals surface area contributed by atoms with E-state index in [0.29, 0.717) is 22.9 Å². The molecule has 1 aliphatic carbocycles. The molecule has 0 aliphatic heterocycles. The van der Waals surface area contributed by atoms with Gasteiger partial charge in [0.25, 0.3) is 0 Å². The molecule has 0 bridgehead atoms. The average molecular weight is 244 g/mol. The molecule has 3 nitrogen and oxygen atoms in total. The quantitative estimate of drug-likeness (QED) is 0.812. The molecule has 3 heteroatoms. The Hall–Kier alpha value is -1.69. The lowest BCUT2D eigenvalue weighted by Gasteiger charge is -2.32. The highest BCUT2D eigenvalue weighted by Crippen LogP contribution is 2.33. The van der Waals surface area contributed by atoms with E-state index in [2.05, 4.69) is 19.9 Å². The van der Waals surface area contributed by atoms with E-state index in [1.807, 2.05) is 0 Å². The lowest BCUT2D eigenvalue weighted by molar-refractivity contribution is 0.101. The van der Waals surface area contributed by atoms with Crippen molar-refractivity contribution in [3.63, 3.8) is 0 Å². The fourth-order valence-corrected chi connectivity index (χ4v) is 2.51. The van der Waals surface area contributed by atoms with Crippen LogP contribution in [0.25, 0.3) is 0 Å². The first-order chi connectivity index (χ1) is 8.60. The Kier molecular flexibility index (Phi) is 3.76. The maximum Gasteiger partial charge on any atom is 0.142 e. The third-order valence-corrected chi connectivity index (χ3v) is 3.98. The van der Waals surface area contributed by atoms with Gasteiger partial charge in [0.15, 0.2) is 0 Å². The van der Waals surface area contributed by atoms with Crippen molar-refractivity contribution in [3.05, 3.63) is 23.8 Å². The van der Waals surface area contributed by atoms with E-state index in [1.54, 1.807) is 18.2 Å². The van der Waals surface area contributed by atoms with Crippen molar-refractivity contribution < 1.29 is 4.74 Å². The topological polar surface area (TPSA) is 59.0 Å². The van der Waals surface area contributed by atoms with Gasteiger partial charge in [0.05, 0.1) is 23.4 Å². The molecule has 3 unspecified atom stereocenters. The second kappa shape index (κ2) is 5.30. The van der Waals surface area contributed by atoms with Crippen molar-refractivity contribution in [1.29, 1.82) is 5.26 Å². The summed E-state index contributed by atoms with van der Waals surface area (Å²) < 4.78 is 5.97. The molecule has 96 valence electrons. The van der Waals surface area contributed by atoms with Crippen LogP contribution in [0.2, 0.25) is 0 Å². The van der Waals surface area contributed by atoms with Crippen LogP contribution in [0.5, 0.6) is 5.75 Å². The summed E-state index contributed by atoms with van der Waals surface area (Å²) in [5, 5.41) is 8.79. The van der Waals surface area contributed by atoms with Crippen LogP contribution in [0.1, 0.15) is 38.7 Å². The van der Waals surface area contributed by atoms with Crippen LogP contribution in [0.4, 0.5) is 5.69 Å². The lowest BCUT2D eigenvalue weighted by Crippen LogP contribution is -2.29. The van der Waals surface area contributed by atoms with Gasteiger partial charge in [-0.3, -0.25) is 0 Å². The molecule has 1 saturated carbocycles. The van der Waals surface area contributed by atoms with E-state index in [9.17, 15) is 0 Å². The summed E-state index contributed by atoms with van der Waals surface area (Å²) in [6.45, 7) is 4.58. The summed E-state index contributed by atoms with van der Waals surface area (Å²) in [7, 11) is 0. The Morgan fingerprint density at radius 3 is 2.67 bits per heavy atom. The molecule has 1 aromatic rings. The third-order valence-electron chi connectivity index (χ3n) is 3.98. The van der Waals surface area contributed by atoms with Gasteiger partial charge in [0, 0.05) is 0 Å². The van der Waals surface area contributed by atoms with Gasteiger partial charge in [-0.05, 0) is 49.3 Å². The Morgan fingerprint density at radius 2 is 2.06 bits per heavy atom. The van der Waals surface area contributed by atoms with Gasteiger partial charge in [-0.2, -0.15) is 5.26 Å². The van der Waals surface area contributed by atoms with Gasteiger partial charge in [-0.25, -0.2) is 0 Å². The molecule has 1 aromatic carbocycles. The minimum absolute atomic E-state index is 0.256. The third kappa shape index (κ3) is 2.76. The van der Waals surface area contributed by atoms with Gasteiger partial charge >= 0.3 is 0 Å². The van der Waals surface area contributed by atoms with E-state index >= 15 is 0 Å². The number of nitrogens with two attached hydrogens (primary N) is 1. The molecule has 0 saturated heterocycles. The summed E-state index contributed by atoms with van der Waals surface area (Å²) in [6, 6.07) is 7.30. The smallest absolute Gasteiger partial charge is 0.142 e. The summed E-state index contributed by atoms with van der Waals surface area (Å²) >= 11 is 0. The van der Waals surface area contributed by atoms with E-state index in [-0.39, 0.29) is 6.10 Å². The molecule has 0 heterocycles. The van der Waals surface area contributed by atoms with Gasteiger partial charge < -0.3 is 10.5 Å². The fraction of sp³-hybridized carbons (Fsp3) is 0.533. The van der Waals surface area contributed by atoms with Gasteiger partial charge in [-0.15, -0.1) is 0 Å². The average Bonchev–Trinajstić information content (AvgIpc) is 2.36.